The topological polar surface area (TPSA) is 29.5 Å². The van der Waals surface area contributed by atoms with Gasteiger partial charge in [0.05, 0.1) is 19.6 Å². The van der Waals surface area contributed by atoms with Gasteiger partial charge in [-0.1, -0.05) is 44.2 Å². The van der Waals surface area contributed by atoms with Crippen molar-refractivity contribution in [2.24, 2.45) is 5.92 Å². The van der Waals surface area contributed by atoms with E-state index < -0.39 is 0 Å². The van der Waals surface area contributed by atoms with E-state index in [4.69, 9.17) is 4.74 Å². The Balaban J connectivity index is 0.000000704. The summed E-state index contributed by atoms with van der Waals surface area (Å²) in [5.74, 6) is 0.990. The van der Waals surface area contributed by atoms with Gasteiger partial charge in [-0.3, -0.25) is 4.79 Å². The number of hydrogen-bond donors (Lipinski definition) is 0. The van der Waals surface area contributed by atoms with Gasteiger partial charge in [0.1, 0.15) is 6.10 Å². The van der Waals surface area contributed by atoms with Crippen LogP contribution in [0.4, 0.5) is 0 Å². The van der Waals surface area contributed by atoms with Crippen LogP contribution in [-0.2, 0) is 9.53 Å². The molecule has 3 heteroatoms. The smallest absolute Gasteiger partial charge is 0.224 e. The van der Waals surface area contributed by atoms with E-state index in [1.54, 1.807) is 0 Å². The molecule has 3 nitrogen and oxygen atoms in total. The fraction of sp³-hybridized carbons (Fsp3) is 0.588. The third-order valence-corrected chi connectivity index (χ3v) is 3.72. The molecule has 1 aliphatic carbocycles. The van der Waals surface area contributed by atoms with Gasteiger partial charge in [0.25, 0.3) is 0 Å². The van der Waals surface area contributed by atoms with Crippen molar-refractivity contribution in [3.63, 3.8) is 0 Å². The molecule has 0 bridgehead atoms. The number of rotatable bonds is 3. The molecular formula is C17H25NO2. The summed E-state index contributed by atoms with van der Waals surface area (Å²) in [5, 5.41) is 0. The summed E-state index contributed by atoms with van der Waals surface area (Å²) in [7, 11) is 0. The molecule has 0 radical (unpaired) electrons. The van der Waals surface area contributed by atoms with Gasteiger partial charge < -0.3 is 9.64 Å². The number of hydrogen-bond acceptors (Lipinski definition) is 2. The first-order valence-corrected chi connectivity index (χ1v) is 7.77. The largest absolute Gasteiger partial charge is 0.371 e. The SMILES string of the molecule is CC.O=C1CCO[C@@H](c2ccccc2)CN1CC1CC1. The number of carbonyl (C=O) groups excluding carboxylic acids is 1. The molecule has 20 heavy (non-hydrogen) atoms. The molecule has 0 unspecified atom stereocenters. The van der Waals surface area contributed by atoms with Gasteiger partial charge in [0.15, 0.2) is 0 Å². The fourth-order valence-electron chi connectivity index (χ4n) is 2.46. The molecule has 1 saturated heterocycles. The lowest BCUT2D eigenvalue weighted by Gasteiger charge is -2.24. The highest BCUT2D eigenvalue weighted by molar-refractivity contribution is 5.76. The maximum Gasteiger partial charge on any atom is 0.224 e. The van der Waals surface area contributed by atoms with Crippen molar-refractivity contribution in [2.45, 2.75) is 39.2 Å². The number of amides is 1. The van der Waals surface area contributed by atoms with E-state index in [0.717, 1.165) is 12.5 Å². The summed E-state index contributed by atoms with van der Waals surface area (Å²) in [6, 6.07) is 10.2. The van der Waals surface area contributed by atoms with Crippen molar-refractivity contribution in [1.82, 2.24) is 4.90 Å². The number of nitrogens with zero attached hydrogens (tertiary/aromatic N) is 1. The second-order valence-electron chi connectivity index (χ2n) is 5.26. The van der Waals surface area contributed by atoms with Gasteiger partial charge in [-0.2, -0.15) is 0 Å². The summed E-state index contributed by atoms with van der Waals surface area (Å²) in [6.45, 7) is 6.17. The van der Waals surface area contributed by atoms with Gasteiger partial charge in [0.2, 0.25) is 5.91 Å². The number of carbonyl (C=O) groups is 1. The Kier molecular flexibility index (Phi) is 5.60. The summed E-state index contributed by atoms with van der Waals surface area (Å²) < 4.78 is 5.83. The maximum absolute atomic E-state index is 12.0. The lowest BCUT2D eigenvalue weighted by molar-refractivity contribution is -0.130. The zero-order chi connectivity index (χ0) is 14.4. The molecule has 110 valence electrons. The Morgan fingerprint density at radius 2 is 1.90 bits per heavy atom. The van der Waals surface area contributed by atoms with Crippen LogP contribution < -0.4 is 0 Å². The van der Waals surface area contributed by atoms with E-state index in [-0.39, 0.29) is 12.0 Å². The fourth-order valence-corrected chi connectivity index (χ4v) is 2.46. The molecule has 2 aliphatic rings. The minimum Gasteiger partial charge on any atom is -0.371 e. The Morgan fingerprint density at radius 3 is 2.55 bits per heavy atom. The Morgan fingerprint density at radius 1 is 1.20 bits per heavy atom. The van der Waals surface area contributed by atoms with E-state index >= 15 is 0 Å². The van der Waals surface area contributed by atoms with Crippen LogP contribution in [0.25, 0.3) is 0 Å². The summed E-state index contributed by atoms with van der Waals surface area (Å²) in [6.07, 6.45) is 3.12. The van der Waals surface area contributed by atoms with Crippen LogP contribution in [0, 0.1) is 5.92 Å². The highest BCUT2D eigenvalue weighted by atomic mass is 16.5. The van der Waals surface area contributed by atoms with Crippen LogP contribution in [0.15, 0.2) is 30.3 Å². The highest BCUT2D eigenvalue weighted by Gasteiger charge is 2.30. The molecule has 1 saturated carbocycles. The predicted octanol–water partition coefficient (Wildman–Crippen LogP) is 3.41. The normalized spacial score (nSPS) is 22.8. The number of ether oxygens (including phenoxy) is 1. The van der Waals surface area contributed by atoms with Crippen molar-refractivity contribution in [3.8, 4) is 0 Å². The van der Waals surface area contributed by atoms with Crippen molar-refractivity contribution in [3.05, 3.63) is 35.9 Å². The van der Waals surface area contributed by atoms with Crippen molar-refractivity contribution in [2.75, 3.05) is 19.7 Å². The first-order chi connectivity index (χ1) is 9.83. The highest BCUT2D eigenvalue weighted by Crippen LogP contribution is 2.31. The van der Waals surface area contributed by atoms with Crippen LogP contribution in [0.5, 0.6) is 0 Å². The van der Waals surface area contributed by atoms with Gasteiger partial charge in [0, 0.05) is 6.54 Å². The van der Waals surface area contributed by atoms with Crippen molar-refractivity contribution < 1.29 is 9.53 Å². The van der Waals surface area contributed by atoms with Gasteiger partial charge in [-0.05, 0) is 24.3 Å². The lowest BCUT2D eigenvalue weighted by Crippen LogP contribution is -2.34. The number of benzene rings is 1. The molecule has 1 aliphatic heterocycles. The minimum absolute atomic E-state index is 0.0383. The molecule has 0 N–H and O–H groups in total. The maximum atomic E-state index is 12.0. The molecule has 0 aromatic heterocycles. The second kappa shape index (κ2) is 7.44. The van der Waals surface area contributed by atoms with Crippen LogP contribution in [0.3, 0.4) is 0 Å². The Bertz CT molecular complexity index is 414. The zero-order valence-electron chi connectivity index (χ0n) is 12.5. The molecule has 1 aromatic rings. The Labute approximate surface area is 121 Å². The molecule has 1 atom stereocenters. The van der Waals surface area contributed by atoms with Gasteiger partial charge in [-0.15, -0.1) is 0 Å². The lowest BCUT2D eigenvalue weighted by atomic mass is 10.1. The average Bonchev–Trinajstić information content (AvgIpc) is 3.33. The van der Waals surface area contributed by atoms with E-state index in [1.807, 2.05) is 36.9 Å². The monoisotopic (exact) mass is 275 g/mol. The van der Waals surface area contributed by atoms with Crippen LogP contribution in [0.2, 0.25) is 0 Å². The van der Waals surface area contributed by atoms with Crippen molar-refractivity contribution in [1.29, 1.82) is 0 Å². The van der Waals surface area contributed by atoms with E-state index in [9.17, 15) is 4.79 Å². The first-order valence-electron chi connectivity index (χ1n) is 7.77. The molecule has 0 spiro atoms. The first kappa shape index (κ1) is 15.0. The second-order valence-corrected chi connectivity index (χ2v) is 5.26. The molecular weight excluding hydrogens is 250 g/mol. The van der Waals surface area contributed by atoms with E-state index in [1.165, 1.54) is 18.4 Å². The Hall–Kier alpha value is -1.35. The summed E-state index contributed by atoms with van der Waals surface area (Å²) >= 11 is 0. The van der Waals surface area contributed by atoms with Gasteiger partial charge in [-0.25, -0.2) is 0 Å². The molecule has 1 amide bonds. The molecule has 2 fully saturated rings. The van der Waals surface area contributed by atoms with E-state index in [0.29, 0.717) is 19.6 Å². The minimum atomic E-state index is 0.0383. The van der Waals surface area contributed by atoms with Crippen LogP contribution in [-0.4, -0.2) is 30.5 Å². The standard InChI is InChI=1S/C15H19NO2.C2H6/c17-15-8-9-18-14(13-4-2-1-3-5-13)11-16(15)10-12-6-7-12;1-2/h1-5,12,14H,6-11H2;1-2H3/t14-;/m1./s1. The quantitative estimate of drug-likeness (QED) is 0.846. The third kappa shape index (κ3) is 4.07. The van der Waals surface area contributed by atoms with Crippen LogP contribution in [0.1, 0.15) is 44.8 Å². The predicted molar refractivity (Wildman–Crippen MR) is 80.4 cm³/mol. The molecule has 3 rings (SSSR count). The summed E-state index contributed by atoms with van der Waals surface area (Å²) in [5.41, 5.74) is 1.17. The molecule has 1 aromatic carbocycles. The van der Waals surface area contributed by atoms with E-state index in [2.05, 4.69) is 12.1 Å². The zero-order valence-corrected chi connectivity index (χ0v) is 12.5. The summed E-state index contributed by atoms with van der Waals surface area (Å²) in [4.78, 5) is 14.0. The average molecular weight is 275 g/mol. The van der Waals surface area contributed by atoms with Gasteiger partial charge >= 0.3 is 0 Å². The van der Waals surface area contributed by atoms with Crippen molar-refractivity contribution >= 4 is 5.91 Å². The molecule has 1 heterocycles. The third-order valence-electron chi connectivity index (χ3n) is 3.72. The van der Waals surface area contributed by atoms with Crippen LogP contribution >= 0.6 is 0 Å².